The number of rotatable bonds is 4. The van der Waals surface area contributed by atoms with Crippen molar-refractivity contribution in [3.05, 3.63) is 69.9 Å². The lowest BCUT2D eigenvalue weighted by atomic mass is 10.1. The van der Waals surface area contributed by atoms with E-state index in [2.05, 4.69) is 5.32 Å². The number of anilines is 1. The number of nitrogens with zero attached hydrogens (tertiary/aromatic N) is 1. The SMILES string of the molecule is Cc1ccc(C)c(NC(=O)CN2C(=O)S/C(=C/c3ccc(F)cc3)C2=O)c1. The van der Waals surface area contributed by atoms with Gasteiger partial charge in [-0.2, -0.15) is 0 Å². The van der Waals surface area contributed by atoms with E-state index in [1.54, 1.807) is 0 Å². The van der Waals surface area contributed by atoms with Crippen LogP contribution in [0, 0.1) is 19.7 Å². The summed E-state index contributed by atoms with van der Waals surface area (Å²) in [5.41, 5.74) is 3.12. The molecule has 1 heterocycles. The van der Waals surface area contributed by atoms with Crippen molar-refractivity contribution in [2.24, 2.45) is 0 Å². The number of amides is 3. The Balaban J connectivity index is 1.71. The van der Waals surface area contributed by atoms with Crippen molar-refractivity contribution in [3.63, 3.8) is 0 Å². The van der Waals surface area contributed by atoms with Gasteiger partial charge in [0.05, 0.1) is 4.91 Å². The van der Waals surface area contributed by atoms with E-state index in [4.69, 9.17) is 0 Å². The summed E-state index contributed by atoms with van der Waals surface area (Å²) in [4.78, 5) is 38.0. The molecule has 0 unspecified atom stereocenters. The van der Waals surface area contributed by atoms with Crippen LogP contribution in [0.5, 0.6) is 0 Å². The maximum absolute atomic E-state index is 13.0. The van der Waals surface area contributed by atoms with Crippen LogP contribution in [0.3, 0.4) is 0 Å². The van der Waals surface area contributed by atoms with Crippen LogP contribution < -0.4 is 5.32 Å². The van der Waals surface area contributed by atoms with Gasteiger partial charge in [-0.05, 0) is 66.6 Å². The summed E-state index contributed by atoms with van der Waals surface area (Å²) >= 11 is 0.760. The summed E-state index contributed by atoms with van der Waals surface area (Å²) < 4.78 is 13.0. The lowest BCUT2D eigenvalue weighted by Crippen LogP contribution is -2.36. The van der Waals surface area contributed by atoms with Crippen molar-refractivity contribution in [1.82, 2.24) is 4.90 Å². The van der Waals surface area contributed by atoms with E-state index in [0.29, 0.717) is 11.3 Å². The molecule has 2 aromatic carbocycles. The van der Waals surface area contributed by atoms with Crippen molar-refractivity contribution in [1.29, 1.82) is 0 Å². The zero-order valence-electron chi connectivity index (χ0n) is 14.8. The van der Waals surface area contributed by atoms with Crippen LogP contribution in [0.25, 0.3) is 6.08 Å². The zero-order valence-corrected chi connectivity index (χ0v) is 15.6. The fraction of sp³-hybridized carbons (Fsp3) is 0.150. The molecule has 0 aliphatic carbocycles. The molecule has 5 nitrogen and oxygen atoms in total. The molecule has 7 heteroatoms. The Bertz CT molecular complexity index is 954. The minimum absolute atomic E-state index is 0.200. The Morgan fingerprint density at radius 1 is 1.15 bits per heavy atom. The standard InChI is InChI=1S/C20H17FN2O3S/c1-12-3-4-13(2)16(9-12)22-18(24)11-23-19(25)17(27-20(23)26)10-14-5-7-15(21)8-6-14/h3-10H,11H2,1-2H3,(H,22,24)/b17-10+. The highest BCUT2D eigenvalue weighted by Crippen LogP contribution is 2.32. The lowest BCUT2D eigenvalue weighted by Gasteiger charge is -2.14. The van der Waals surface area contributed by atoms with Gasteiger partial charge >= 0.3 is 0 Å². The van der Waals surface area contributed by atoms with Crippen LogP contribution in [-0.4, -0.2) is 28.5 Å². The van der Waals surface area contributed by atoms with Gasteiger partial charge in [0.2, 0.25) is 5.91 Å². The second-order valence-electron chi connectivity index (χ2n) is 6.19. The number of halogens is 1. The molecule has 1 fully saturated rings. The molecule has 3 rings (SSSR count). The second-order valence-corrected chi connectivity index (χ2v) is 7.18. The van der Waals surface area contributed by atoms with Crippen LogP contribution in [0.1, 0.15) is 16.7 Å². The maximum atomic E-state index is 13.0. The third kappa shape index (κ3) is 4.43. The summed E-state index contributed by atoms with van der Waals surface area (Å²) in [7, 11) is 0. The normalized spacial score (nSPS) is 15.5. The third-order valence-electron chi connectivity index (χ3n) is 4.01. The van der Waals surface area contributed by atoms with Gasteiger partial charge in [0, 0.05) is 5.69 Å². The average molecular weight is 384 g/mol. The second kappa shape index (κ2) is 7.75. The number of carbonyl (C=O) groups excluding carboxylic acids is 3. The molecule has 1 N–H and O–H groups in total. The predicted octanol–water partition coefficient (Wildman–Crippen LogP) is 4.12. The third-order valence-corrected chi connectivity index (χ3v) is 4.92. The fourth-order valence-electron chi connectivity index (χ4n) is 2.55. The molecular formula is C20H17FN2O3S. The Morgan fingerprint density at radius 2 is 1.85 bits per heavy atom. The summed E-state index contributed by atoms with van der Waals surface area (Å²) in [6.45, 7) is 3.41. The van der Waals surface area contributed by atoms with Crippen LogP contribution in [0.4, 0.5) is 14.9 Å². The van der Waals surface area contributed by atoms with Gasteiger partial charge < -0.3 is 5.32 Å². The molecule has 1 saturated heterocycles. The molecule has 3 amide bonds. The van der Waals surface area contributed by atoms with Crippen molar-refractivity contribution in [3.8, 4) is 0 Å². The highest BCUT2D eigenvalue weighted by Gasteiger charge is 2.36. The van der Waals surface area contributed by atoms with Crippen LogP contribution >= 0.6 is 11.8 Å². The quantitative estimate of drug-likeness (QED) is 0.806. The van der Waals surface area contributed by atoms with E-state index in [1.807, 2.05) is 32.0 Å². The number of hydrogen-bond donors (Lipinski definition) is 1. The van der Waals surface area contributed by atoms with E-state index in [1.165, 1.54) is 30.3 Å². The number of thioether (sulfide) groups is 1. The van der Waals surface area contributed by atoms with Crippen LogP contribution in [0.2, 0.25) is 0 Å². The molecule has 0 atom stereocenters. The molecule has 1 aliphatic heterocycles. The van der Waals surface area contributed by atoms with Gasteiger partial charge in [-0.3, -0.25) is 19.3 Å². The lowest BCUT2D eigenvalue weighted by molar-refractivity contribution is -0.127. The number of carbonyl (C=O) groups is 3. The molecule has 138 valence electrons. The zero-order chi connectivity index (χ0) is 19.6. The van der Waals surface area contributed by atoms with Gasteiger partial charge in [-0.25, -0.2) is 4.39 Å². The highest BCUT2D eigenvalue weighted by atomic mass is 32.2. The number of aryl methyl sites for hydroxylation is 2. The van der Waals surface area contributed by atoms with Gasteiger partial charge in [0.1, 0.15) is 12.4 Å². The van der Waals surface area contributed by atoms with Gasteiger partial charge in [0.25, 0.3) is 11.1 Å². The predicted molar refractivity (Wildman–Crippen MR) is 104 cm³/mol. The summed E-state index contributed by atoms with van der Waals surface area (Å²) in [6.07, 6.45) is 1.51. The molecule has 2 aromatic rings. The number of imide groups is 1. The molecule has 0 aromatic heterocycles. The van der Waals surface area contributed by atoms with Crippen molar-refractivity contribution in [2.75, 3.05) is 11.9 Å². The first kappa shape index (κ1) is 18.8. The Morgan fingerprint density at radius 3 is 2.56 bits per heavy atom. The topological polar surface area (TPSA) is 66.5 Å². The minimum atomic E-state index is -0.537. The molecule has 0 radical (unpaired) electrons. The van der Waals surface area contributed by atoms with Crippen LogP contribution in [-0.2, 0) is 9.59 Å². The van der Waals surface area contributed by atoms with E-state index >= 15 is 0 Å². The highest BCUT2D eigenvalue weighted by molar-refractivity contribution is 8.18. The number of nitrogens with one attached hydrogen (secondary N) is 1. The van der Waals surface area contributed by atoms with Gasteiger partial charge in [-0.1, -0.05) is 24.3 Å². The summed E-state index contributed by atoms with van der Waals surface area (Å²) in [5.74, 6) is -1.37. The molecule has 27 heavy (non-hydrogen) atoms. The largest absolute Gasteiger partial charge is 0.324 e. The van der Waals surface area contributed by atoms with Gasteiger partial charge in [-0.15, -0.1) is 0 Å². The summed E-state index contributed by atoms with van der Waals surface area (Å²) in [6, 6.07) is 11.2. The van der Waals surface area contributed by atoms with Crippen LogP contribution in [0.15, 0.2) is 47.4 Å². The average Bonchev–Trinajstić information content (AvgIpc) is 2.87. The first-order chi connectivity index (χ1) is 12.8. The number of hydrogen-bond acceptors (Lipinski definition) is 4. The minimum Gasteiger partial charge on any atom is -0.324 e. The van der Waals surface area contributed by atoms with E-state index in [-0.39, 0.29) is 17.3 Å². The summed E-state index contributed by atoms with van der Waals surface area (Å²) in [5, 5.41) is 2.22. The Hall–Kier alpha value is -2.93. The molecule has 1 aliphatic rings. The first-order valence-corrected chi connectivity index (χ1v) is 9.03. The molecular weight excluding hydrogens is 367 g/mol. The Kier molecular flexibility index (Phi) is 5.41. The molecule has 0 spiro atoms. The molecule has 0 saturated carbocycles. The smallest absolute Gasteiger partial charge is 0.294 e. The Labute approximate surface area is 160 Å². The number of benzene rings is 2. The fourth-order valence-corrected chi connectivity index (χ4v) is 3.39. The molecule has 0 bridgehead atoms. The van der Waals surface area contributed by atoms with E-state index in [9.17, 15) is 18.8 Å². The van der Waals surface area contributed by atoms with Crippen molar-refractivity contribution in [2.45, 2.75) is 13.8 Å². The van der Waals surface area contributed by atoms with Gasteiger partial charge in [0.15, 0.2) is 0 Å². The van der Waals surface area contributed by atoms with Crippen molar-refractivity contribution < 1.29 is 18.8 Å². The maximum Gasteiger partial charge on any atom is 0.294 e. The van der Waals surface area contributed by atoms with E-state index < -0.39 is 17.1 Å². The van der Waals surface area contributed by atoms with E-state index in [0.717, 1.165) is 27.8 Å². The monoisotopic (exact) mass is 384 g/mol. The first-order valence-electron chi connectivity index (χ1n) is 8.21. The van der Waals surface area contributed by atoms with Crippen molar-refractivity contribution >= 4 is 40.6 Å².